The van der Waals surface area contributed by atoms with E-state index in [1.807, 2.05) is 0 Å². The highest BCUT2D eigenvalue weighted by Crippen LogP contribution is 2.27. The Kier molecular flexibility index (Phi) is 5.15. The van der Waals surface area contributed by atoms with Crippen LogP contribution in [0.3, 0.4) is 0 Å². The molecule has 26 heavy (non-hydrogen) atoms. The van der Waals surface area contributed by atoms with Crippen molar-refractivity contribution in [3.63, 3.8) is 0 Å². The van der Waals surface area contributed by atoms with Crippen LogP contribution < -0.4 is 4.90 Å². The molecule has 0 radical (unpaired) electrons. The van der Waals surface area contributed by atoms with Gasteiger partial charge in [-0.15, -0.1) is 0 Å². The number of anilines is 1. The molecule has 0 bridgehead atoms. The Balaban J connectivity index is 1.88. The summed E-state index contributed by atoms with van der Waals surface area (Å²) in [6.07, 6.45) is -1.35. The van der Waals surface area contributed by atoms with Gasteiger partial charge in [0.05, 0.1) is 16.3 Å². The van der Waals surface area contributed by atoms with Crippen LogP contribution in [0.15, 0.2) is 48.5 Å². The second-order valence-electron chi connectivity index (χ2n) is 5.46. The molecule has 0 saturated carbocycles. The number of urea groups is 1. The molecule has 1 saturated heterocycles. The maximum absolute atomic E-state index is 12.7. The van der Waals surface area contributed by atoms with Gasteiger partial charge in [-0.3, -0.25) is 9.69 Å². The van der Waals surface area contributed by atoms with E-state index in [0.717, 1.165) is 4.90 Å². The molecule has 2 aromatic carbocycles. The van der Waals surface area contributed by atoms with Crippen molar-refractivity contribution < 1.29 is 19.1 Å². The number of benzene rings is 2. The molecule has 134 valence electrons. The van der Waals surface area contributed by atoms with Crippen molar-refractivity contribution in [3.8, 4) is 0 Å². The lowest BCUT2D eigenvalue weighted by Gasteiger charge is -2.19. The predicted molar refractivity (Wildman–Crippen MR) is 97.4 cm³/mol. The first-order chi connectivity index (χ1) is 12.4. The molecule has 0 N–H and O–H groups in total. The minimum Gasteiger partial charge on any atom is -0.428 e. The maximum atomic E-state index is 12.7. The Bertz CT molecular complexity index is 873. The first-order valence-electron chi connectivity index (χ1n) is 7.79. The standard InChI is InChI=1S/C18H14Cl2N2O4/c1-2-21-16(26-17(24)13-9-8-11(19)10-14(13)20)15(23)22(18(21)25)12-6-4-3-5-7-12/h3-10,16H,2H2,1H3. The molecule has 1 fully saturated rings. The summed E-state index contributed by atoms with van der Waals surface area (Å²) in [5.41, 5.74) is 0.467. The van der Waals surface area contributed by atoms with Crippen molar-refractivity contribution in [2.75, 3.05) is 11.4 Å². The molecule has 6 nitrogen and oxygen atoms in total. The average Bonchev–Trinajstić information content (AvgIpc) is 2.85. The molecule has 1 unspecified atom stereocenters. The van der Waals surface area contributed by atoms with Crippen LogP contribution in [0.2, 0.25) is 10.0 Å². The van der Waals surface area contributed by atoms with E-state index in [2.05, 4.69) is 0 Å². The lowest BCUT2D eigenvalue weighted by Crippen LogP contribution is -2.38. The van der Waals surface area contributed by atoms with E-state index in [-0.39, 0.29) is 17.1 Å². The minimum atomic E-state index is -1.35. The van der Waals surface area contributed by atoms with Crippen molar-refractivity contribution in [1.82, 2.24) is 4.90 Å². The Labute approximate surface area is 159 Å². The topological polar surface area (TPSA) is 66.9 Å². The molecule has 1 atom stereocenters. The number of imide groups is 1. The van der Waals surface area contributed by atoms with Gasteiger partial charge < -0.3 is 4.74 Å². The monoisotopic (exact) mass is 392 g/mol. The fourth-order valence-electron chi connectivity index (χ4n) is 2.62. The molecule has 1 aliphatic heterocycles. The highest BCUT2D eigenvalue weighted by Gasteiger charge is 2.47. The van der Waals surface area contributed by atoms with Crippen LogP contribution in [0.25, 0.3) is 0 Å². The van der Waals surface area contributed by atoms with Gasteiger partial charge in [0.25, 0.3) is 12.1 Å². The first-order valence-corrected chi connectivity index (χ1v) is 8.55. The summed E-state index contributed by atoms with van der Waals surface area (Å²) < 4.78 is 5.30. The lowest BCUT2D eigenvalue weighted by molar-refractivity contribution is -0.129. The van der Waals surface area contributed by atoms with Crippen molar-refractivity contribution in [2.24, 2.45) is 0 Å². The van der Waals surface area contributed by atoms with Crippen molar-refractivity contribution in [1.29, 1.82) is 0 Å². The van der Waals surface area contributed by atoms with Gasteiger partial charge >= 0.3 is 12.0 Å². The molecule has 1 aliphatic rings. The molecule has 0 aromatic heterocycles. The molecular weight excluding hydrogens is 379 g/mol. The number of para-hydroxylation sites is 1. The quantitative estimate of drug-likeness (QED) is 0.583. The van der Waals surface area contributed by atoms with Gasteiger partial charge in [0, 0.05) is 11.6 Å². The summed E-state index contributed by atoms with van der Waals surface area (Å²) in [5, 5.41) is 0.464. The van der Waals surface area contributed by atoms with Crippen LogP contribution >= 0.6 is 23.2 Å². The molecule has 0 spiro atoms. The summed E-state index contributed by atoms with van der Waals surface area (Å²) in [6.45, 7) is 1.88. The highest BCUT2D eigenvalue weighted by molar-refractivity contribution is 6.36. The Morgan fingerprint density at radius 2 is 1.81 bits per heavy atom. The SMILES string of the molecule is CCN1C(=O)N(c2ccccc2)C(=O)C1OC(=O)c1ccc(Cl)cc1Cl. The zero-order chi connectivity index (χ0) is 18.8. The number of halogens is 2. The molecule has 3 amide bonds. The van der Waals surface area contributed by atoms with E-state index in [0.29, 0.717) is 10.7 Å². The number of rotatable bonds is 4. The molecular formula is C18H14Cl2N2O4. The Morgan fingerprint density at radius 3 is 2.42 bits per heavy atom. The third kappa shape index (κ3) is 3.25. The smallest absolute Gasteiger partial charge is 0.342 e. The number of carbonyl (C=O) groups excluding carboxylic acids is 3. The second kappa shape index (κ2) is 7.35. The Hall–Kier alpha value is -2.57. The van der Waals surface area contributed by atoms with Crippen LogP contribution in [0.1, 0.15) is 17.3 Å². The molecule has 3 rings (SSSR count). The van der Waals surface area contributed by atoms with E-state index in [9.17, 15) is 14.4 Å². The van der Waals surface area contributed by atoms with Gasteiger partial charge in [-0.05, 0) is 37.3 Å². The van der Waals surface area contributed by atoms with E-state index < -0.39 is 24.1 Å². The molecule has 1 heterocycles. The fraction of sp³-hybridized carbons (Fsp3) is 0.167. The van der Waals surface area contributed by atoms with Crippen molar-refractivity contribution in [2.45, 2.75) is 13.2 Å². The van der Waals surface area contributed by atoms with Crippen LogP contribution in [0.5, 0.6) is 0 Å². The number of esters is 1. The predicted octanol–water partition coefficient (Wildman–Crippen LogP) is 3.97. The normalized spacial score (nSPS) is 17.0. The van der Waals surface area contributed by atoms with E-state index >= 15 is 0 Å². The first kappa shape index (κ1) is 18.2. The number of hydrogen-bond donors (Lipinski definition) is 0. The summed E-state index contributed by atoms with van der Waals surface area (Å²) in [6, 6.07) is 12.2. The van der Waals surface area contributed by atoms with Crippen LogP contribution in [0, 0.1) is 0 Å². The number of ether oxygens (including phenoxy) is 1. The van der Waals surface area contributed by atoms with Gasteiger partial charge in [0.1, 0.15) is 0 Å². The molecule has 0 aliphatic carbocycles. The fourth-order valence-corrected chi connectivity index (χ4v) is 3.10. The van der Waals surface area contributed by atoms with E-state index in [4.69, 9.17) is 27.9 Å². The number of amides is 3. The second-order valence-corrected chi connectivity index (χ2v) is 6.30. The summed E-state index contributed by atoms with van der Waals surface area (Å²) in [7, 11) is 0. The molecule has 2 aromatic rings. The largest absolute Gasteiger partial charge is 0.428 e. The van der Waals surface area contributed by atoms with E-state index in [1.54, 1.807) is 37.3 Å². The van der Waals surface area contributed by atoms with Gasteiger partial charge in [-0.2, -0.15) is 0 Å². The number of hydrogen-bond acceptors (Lipinski definition) is 4. The average molecular weight is 393 g/mol. The zero-order valence-corrected chi connectivity index (χ0v) is 15.2. The van der Waals surface area contributed by atoms with Gasteiger partial charge in [-0.25, -0.2) is 14.5 Å². The van der Waals surface area contributed by atoms with Crippen LogP contribution in [-0.4, -0.2) is 35.6 Å². The van der Waals surface area contributed by atoms with Gasteiger partial charge in [0.2, 0.25) is 0 Å². The zero-order valence-electron chi connectivity index (χ0n) is 13.7. The Morgan fingerprint density at radius 1 is 1.12 bits per heavy atom. The molecule has 8 heteroatoms. The van der Waals surface area contributed by atoms with Crippen molar-refractivity contribution >= 4 is 46.8 Å². The third-order valence-electron chi connectivity index (χ3n) is 3.88. The van der Waals surface area contributed by atoms with Crippen LogP contribution in [0.4, 0.5) is 10.5 Å². The lowest BCUT2D eigenvalue weighted by atomic mass is 10.2. The van der Waals surface area contributed by atoms with Crippen LogP contribution in [-0.2, 0) is 9.53 Å². The van der Waals surface area contributed by atoms with Gasteiger partial charge in [0.15, 0.2) is 0 Å². The van der Waals surface area contributed by atoms with Crippen molar-refractivity contribution in [3.05, 3.63) is 64.1 Å². The number of nitrogens with zero attached hydrogens (tertiary/aromatic N) is 2. The summed E-state index contributed by atoms with van der Waals surface area (Å²) in [4.78, 5) is 39.9. The van der Waals surface area contributed by atoms with Gasteiger partial charge in [-0.1, -0.05) is 41.4 Å². The maximum Gasteiger partial charge on any atom is 0.342 e. The number of likely N-dealkylation sites (N-methyl/N-ethyl adjacent to an activating group) is 1. The van der Waals surface area contributed by atoms with E-state index in [1.165, 1.54) is 23.1 Å². The summed E-state index contributed by atoms with van der Waals surface area (Å²) in [5.74, 6) is -1.45. The highest BCUT2D eigenvalue weighted by atomic mass is 35.5. The number of carbonyl (C=O) groups is 3. The minimum absolute atomic E-state index is 0.0607. The third-order valence-corrected chi connectivity index (χ3v) is 4.42. The summed E-state index contributed by atoms with van der Waals surface area (Å²) >= 11 is 11.8.